The first kappa shape index (κ1) is 21.3. The highest BCUT2D eigenvalue weighted by Crippen LogP contribution is 2.21. The number of amides is 2. The van der Waals surface area contributed by atoms with Crippen molar-refractivity contribution >= 4 is 11.8 Å². The monoisotopic (exact) mass is 374 g/mol. The lowest BCUT2D eigenvalue weighted by Gasteiger charge is -2.32. The molecular formula is C22H34N2O3. The first-order valence-electron chi connectivity index (χ1n) is 10.3. The van der Waals surface area contributed by atoms with Gasteiger partial charge in [0.05, 0.1) is 6.61 Å². The largest absolute Gasteiger partial charge is 0.494 e. The lowest BCUT2D eigenvalue weighted by Crippen LogP contribution is -2.40. The third kappa shape index (κ3) is 7.24. The Bertz CT molecular complexity index is 592. The summed E-state index contributed by atoms with van der Waals surface area (Å²) in [4.78, 5) is 26.5. The number of rotatable bonds is 9. The summed E-state index contributed by atoms with van der Waals surface area (Å²) in [6, 6.07) is 8.21. The molecule has 1 aliphatic heterocycles. The first-order valence-corrected chi connectivity index (χ1v) is 10.3. The highest BCUT2D eigenvalue weighted by Gasteiger charge is 2.24. The van der Waals surface area contributed by atoms with Crippen molar-refractivity contribution in [2.24, 2.45) is 5.92 Å². The molecule has 5 nitrogen and oxygen atoms in total. The summed E-state index contributed by atoms with van der Waals surface area (Å²) in [5.41, 5.74) is 1.16. The maximum absolute atomic E-state index is 12.5. The molecule has 0 aliphatic carbocycles. The Morgan fingerprint density at radius 3 is 2.44 bits per heavy atom. The summed E-state index contributed by atoms with van der Waals surface area (Å²) in [5.74, 6) is 1.62. The van der Waals surface area contributed by atoms with Crippen molar-refractivity contribution in [1.82, 2.24) is 10.2 Å². The average Bonchev–Trinajstić information content (AvgIpc) is 2.67. The summed E-state index contributed by atoms with van der Waals surface area (Å²) in [7, 11) is 0. The molecule has 1 atom stereocenters. The molecule has 2 amide bonds. The SMILES string of the molecule is CCOc1ccc(CCC(=O)N2CCC(CC(=O)NC(C)CC)CC2)cc1. The minimum Gasteiger partial charge on any atom is -0.494 e. The van der Waals surface area contributed by atoms with Gasteiger partial charge in [0.1, 0.15) is 5.75 Å². The van der Waals surface area contributed by atoms with Crippen LogP contribution in [0.1, 0.15) is 58.4 Å². The minimum absolute atomic E-state index is 0.143. The number of aryl methyl sites for hydroxylation is 1. The predicted octanol–water partition coefficient (Wildman–Crippen LogP) is 3.56. The third-order valence-corrected chi connectivity index (χ3v) is 5.32. The average molecular weight is 375 g/mol. The minimum atomic E-state index is 0.143. The Morgan fingerprint density at radius 2 is 1.85 bits per heavy atom. The Labute approximate surface area is 163 Å². The van der Waals surface area contributed by atoms with Crippen LogP contribution in [0.5, 0.6) is 5.75 Å². The maximum Gasteiger partial charge on any atom is 0.222 e. The van der Waals surface area contributed by atoms with E-state index in [9.17, 15) is 9.59 Å². The van der Waals surface area contributed by atoms with E-state index in [4.69, 9.17) is 4.74 Å². The van der Waals surface area contributed by atoms with Gasteiger partial charge in [-0.15, -0.1) is 0 Å². The molecule has 2 rings (SSSR count). The van der Waals surface area contributed by atoms with Gasteiger partial charge in [0.2, 0.25) is 11.8 Å². The van der Waals surface area contributed by atoms with E-state index in [1.54, 1.807) is 0 Å². The van der Waals surface area contributed by atoms with Crippen LogP contribution in [0.15, 0.2) is 24.3 Å². The van der Waals surface area contributed by atoms with E-state index >= 15 is 0 Å². The van der Waals surface area contributed by atoms with Gasteiger partial charge in [0.15, 0.2) is 0 Å². The van der Waals surface area contributed by atoms with E-state index in [0.717, 1.165) is 50.1 Å². The van der Waals surface area contributed by atoms with Crippen LogP contribution < -0.4 is 10.1 Å². The number of likely N-dealkylation sites (tertiary alicyclic amines) is 1. The molecule has 0 radical (unpaired) electrons. The van der Waals surface area contributed by atoms with Crippen LogP contribution in [0.25, 0.3) is 0 Å². The van der Waals surface area contributed by atoms with Crippen molar-refractivity contribution in [2.45, 2.75) is 65.3 Å². The van der Waals surface area contributed by atoms with Crippen LogP contribution in [-0.2, 0) is 16.0 Å². The number of hydrogen-bond donors (Lipinski definition) is 1. The number of ether oxygens (including phenoxy) is 1. The van der Waals surface area contributed by atoms with Crippen molar-refractivity contribution in [2.75, 3.05) is 19.7 Å². The second-order valence-corrected chi connectivity index (χ2v) is 7.48. The Kier molecular flexibility index (Phi) is 8.62. The van der Waals surface area contributed by atoms with Crippen LogP contribution in [0.2, 0.25) is 0 Å². The van der Waals surface area contributed by atoms with E-state index in [0.29, 0.717) is 25.4 Å². The van der Waals surface area contributed by atoms with Crippen LogP contribution >= 0.6 is 0 Å². The quantitative estimate of drug-likeness (QED) is 0.719. The highest BCUT2D eigenvalue weighted by atomic mass is 16.5. The molecule has 150 valence electrons. The van der Waals surface area contributed by atoms with Crippen molar-refractivity contribution in [3.05, 3.63) is 29.8 Å². The summed E-state index contributed by atoms with van der Waals surface area (Å²) < 4.78 is 5.44. The van der Waals surface area contributed by atoms with Gasteiger partial charge in [-0.3, -0.25) is 9.59 Å². The standard InChI is InChI=1S/C22H34N2O3/c1-4-17(3)23-21(25)16-19-12-14-24(15-13-19)22(26)11-8-18-6-9-20(10-7-18)27-5-2/h6-7,9-10,17,19H,4-5,8,11-16H2,1-3H3,(H,23,25). The fourth-order valence-corrected chi connectivity index (χ4v) is 3.41. The van der Waals surface area contributed by atoms with Gasteiger partial charge in [-0.1, -0.05) is 19.1 Å². The van der Waals surface area contributed by atoms with E-state index < -0.39 is 0 Å². The Balaban J connectivity index is 1.69. The molecule has 0 spiro atoms. The molecule has 0 aromatic heterocycles. The van der Waals surface area contributed by atoms with Crippen molar-refractivity contribution < 1.29 is 14.3 Å². The second kappa shape index (κ2) is 11.0. The van der Waals surface area contributed by atoms with Gasteiger partial charge in [-0.2, -0.15) is 0 Å². The van der Waals surface area contributed by atoms with Crippen LogP contribution in [-0.4, -0.2) is 42.5 Å². The summed E-state index contributed by atoms with van der Waals surface area (Å²) >= 11 is 0. The van der Waals surface area contributed by atoms with E-state index in [1.165, 1.54) is 0 Å². The van der Waals surface area contributed by atoms with Gasteiger partial charge in [-0.05, 0) is 63.1 Å². The number of hydrogen-bond acceptors (Lipinski definition) is 3. The smallest absolute Gasteiger partial charge is 0.222 e. The molecule has 1 aliphatic rings. The van der Waals surface area contributed by atoms with Gasteiger partial charge >= 0.3 is 0 Å². The topological polar surface area (TPSA) is 58.6 Å². The van der Waals surface area contributed by atoms with E-state index in [1.807, 2.05) is 43.0 Å². The first-order chi connectivity index (χ1) is 13.0. The summed E-state index contributed by atoms with van der Waals surface area (Å²) in [6.07, 6.45) is 4.66. The number of nitrogens with one attached hydrogen (secondary N) is 1. The van der Waals surface area contributed by atoms with Crippen LogP contribution in [0.4, 0.5) is 0 Å². The zero-order valence-corrected chi connectivity index (χ0v) is 17.0. The molecule has 1 unspecified atom stereocenters. The fourth-order valence-electron chi connectivity index (χ4n) is 3.41. The molecule has 1 N–H and O–H groups in total. The van der Waals surface area contributed by atoms with E-state index in [-0.39, 0.29) is 17.9 Å². The number of carbonyl (C=O) groups excluding carboxylic acids is 2. The normalized spacial score (nSPS) is 16.0. The molecule has 27 heavy (non-hydrogen) atoms. The molecule has 1 aromatic carbocycles. The van der Waals surface area contributed by atoms with Gasteiger partial charge < -0.3 is 15.0 Å². The molecule has 0 saturated carbocycles. The van der Waals surface area contributed by atoms with Crippen molar-refractivity contribution in [1.29, 1.82) is 0 Å². The fraction of sp³-hybridized carbons (Fsp3) is 0.636. The molecular weight excluding hydrogens is 340 g/mol. The lowest BCUT2D eigenvalue weighted by molar-refractivity contribution is -0.132. The molecule has 1 aromatic rings. The van der Waals surface area contributed by atoms with Crippen LogP contribution in [0.3, 0.4) is 0 Å². The third-order valence-electron chi connectivity index (χ3n) is 5.32. The Morgan fingerprint density at radius 1 is 1.19 bits per heavy atom. The zero-order chi connectivity index (χ0) is 19.6. The molecule has 5 heteroatoms. The number of nitrogens with zero attached hydrogens (tertiary/aromatic N) is 1. The van der Waals surface area contributed by atoms with Gasteiger partial charge in [0.25, 0.3) is 0 Å². The maximum atomic E-state index is 12.5. The molecule has 0 bridgehead atoms. The molecule has 1 fully saturated rings. The predicted molar refractivity (Wildman–Crippen MR) is 108 cm³/mol. The summed E-state index contributed by atoms with van der Waals surface area (Å²) in [5, 5.41) is 3.03. The van der Waals surface area contributed by atoms with Crippen molar-refractivity contribution in [3.8, 4) is 5.75 Å². The van der Waals surface area contributed by atoms with Gasteiger partial charge in [-0.25, -0.2) is 0 Å². The highest BCUT2D eigenvalue weighted by molar-refractivity contribution is 5.77. The summed E-state index contributed by atoms with van der Waals surface area (Å²) in [6.45, 7) is 8.26. The second-order valence-electron chi connectivity index (χ2n) is 7.48. The molecule has 1 heterocycles. The zero-order valence-electron chi connectivity index (χ0n) is 17.0. The lowest BCUT2D eigenvalue weighted by atomic mass is 9.92. The van der Waals surface area contributed by atoms with Gasteiger partial charge in [0, 0.05) is 32.0 Å². The van der Waals surface area contributed by atoms with Crippen LogP contribution in [0, 0.1) is 5.92 Å². The Hall–Kier alpha value is -2.04. The number of benzene rings is 1. The number of piperidine rings is 1. The van der Waals surface area contributed by atoms with E-state index in [2.05, 4.69) is 12.2 Å². The number of carbonyl (C=O) groups is 2. The van der Waals surface area contributed by atoms with Crippen molar-refractivity contribution in [3.63, 3.8) is 0 Å². The molecule has 1 saturated heterocycles.